The maximum Gasteiger partial charge on any atom is 0.257 e. The predicted octanol–water partition coefficient (Wildman–Crippen LogP) is 3.62. The number of carbonyl (C=O) groups excluding carboxylic acids is 1. The second-order valence-electron chi connectivity index (χ2n) is 7.96. The van der Waals surface area contributed by atoms with E-state index < -0.39 is 10.0 Å². The third-order valence-electron chi connectivity index (χ3n) is 5.63. The largest absolute Gasteiger partial charge is 0.496 e. The minimum absolute atomic E-state index is 0.0313. The van der Waals surface area contributed by atoms with Gasteiger partial charge in [-0.2, -0.15) is 0 Å². The third-order valence-corrected chi connectivity index (χ3v) is 7.09. The van der Waals surface area contributed by atoms with E-state index in [1.807, 2.05) is 0 Å². The van der Waals surface area contributed by atoms with Gasteiger partial charge in [-0.25, -0.2) is 17.5 Å². The molecule has 0 aliphatic carbocycles. The lowest BCUT2D eigenvalue weighted by atomic mass is 9.98. The zero-order chi connectivity index (χ0) is 22.4. The van der Waals surface area contributed by atoms with Crippen LogP contribution in [0.5, 0.6) is 5.75 Å². The Balaban J connectivity index is 1.67. The predicted molar refractivity (Wildman–Crippen MR) is 117 cm³/mol. The van der Waals surface area contributed by atoms with Crippen LogP contribution < -0.4 is 9.46 Å². The van der Waals surface area contributed by atoms with E-state index in [1.165, 1.54) is 37.4 Å². The standard InChI is InChI=1S/C23H29FN2O4S/c1-17-11-14-26(15-12-17)23(27)21-16-20(9-10-22(21)30-2)31(28,29)25-13-3-4-18-5-7-19(24)8-6-18/h5-10,16-17,25H,3-4,11-15H2,1-2H3. The van der Waals surface area contributed by atoms with Gasteiger partial charge in [-0.05, 0) is 67.5 Å². The number of rotatable bonds is 8. The molecular weight excluding hydrogens is 419 g/mol. The second kappa shape index (κ2) is 10.2. The molecule has 0 spiro atoms. The fourth-order valence-electron chi connectivity index (χ4n) is 3.64. The van der Waals surface area contributed by atoms with Gasteiger partial charge in [0.1, 0.15) is 11.6 Å². The van der Waals surface area contributed by atoms with E-state index in [0.717, 1.165) is 18.4 Å². The Bertz CT molecular complexity index is 1000. The van der Waals surface area contributed by atoms with Crippen LogP contribution in [-0.2, 0) is 16.4 Å². The minimum Gasteiger partial charge on any atom is -0.496 e. The number of piperidine rings is 1. The van der Waals surface area contributed by atoms with Crippen LogP contribution in [0.25, 0.3) is 0 Å². The van der Waals surface area contributed by atoms with Crippen molar-refractivity contribution in [1.29, 1.82) is 0 Å². The second-order valence-corrected chi connectivity index (χ2v) is 9.73. The van der Waals surface area contributed by atoms with Crippen LogP contribution in [0, 0.1) is 11.7 Å². The Morgan fingerprint density at radius 2 is 1.84 bits per heavy atom. The van der Waals surface area contributed by atoms with Gasteiger partial charge >= 0.3 is 0 Å². The number of likely N-dealkylation sites (tertiary alicyclic amines) is 1. The topological polar surface area (TPSA) is 75.7 Å². The lowest BCUT2D eigenvalue weighted by Crippen LogP contribution is -2.38. The van der Waals surface area contributed by atoms with Crippen LogP contribution in [-0.4, -0.2) is 46.0 Å². The molecule has 1 amide bonds. The zero-order valence-corrected chi connectivity index (χ0v) is 18.8. The van der Waals surface area contributed by atoms with Crippen molar-refractivity contribution in [3.05, 3.63) is 59.4 Å². The number of aryl methyl sites for hydroxylation is 1. The average molecular weight is 449 g/mol. The molecule has 0 saturated carbocycles. The molecule has 6 nitrogen and oxygen atoms in total. The molecule has 8 heteroatoms. The van der Waals surface area contributed by atoms with Crippen molar-refractivity contribution in [1.82, 2.24) is 9.62 Å². The van der Waals surface area contributed by atoms with Crippen molar-refractivity contribution in [2.45, 2.75) is 37.5 Å². The number of hydrogen-bond donors (Lipinski definition) is 1. The summed E-state index contributed by atoms with van der Waals surface area (Å²) in [6.45, 7) is 3.71. The van der Waals surface area contributed by atoms with E-state index in [0.29, 0.717) is 37.6 Å². The SMILES string of the molecule is COc1ccc(S(=O)(=O)NCCCc2ccc(F)cc2)cc1C(=O)N1CCC(C)CC1. The number of nitrogens with zero attached hydrogens (tertiary/aromatic N) is 1. The van der Waals surface area contributed by atoms with Crippen LogP contribution in [0.2, 0.25) is 0 Å². The monoisotopic (exact) mass is 448 g/mol. The molecule has 168 valence electrons. The van der Waals surface area contributed by atoms with Crippen molar-refractivity contribution < 1.29 is 22.3 Å². The van der Waals surface area contributed by atoms with Crippen molar-refractivity contribution >= 4 is 15.9 Å². The maximum atomic E-state index is 13.0. The molecule has 0 unspecified atom stereocenters. The normalized spacial score (nSPS) is 15.1. The summed E-state index contributed by atoms with van der Waals surface area (Å²) in [5.74, 6) is 0.432. The summed E-state index contributed by atoms with van der Waals surface area (Å²) in [6.07, 6.45) is 3.06. The number of hydrogen-bond acceptors (Lipinski definition) is 4. The van der Waals surface area contributed by atoms with E-state index in [4.69, 9.17) is 4.74 Å². The highest BCUT2D eigenvalue weighted by Gasteiger charge is 2.26. The van der Waals surface area contributed by atoms with Crippen LogP contribution >= 0.6 is 0 Å². The molecule has 1 aliphatic heterocycles. The fraction of sp³-hybridized carbons (Fsp3) is 0.435. The molecule has 1 N–H and O–H groups in total. The van der Waals surface area contributed by atoms with Gasteiger partial charge in [-0.3, -0.25) is 4.79 Å². The number of ether oxygens (including phenoxy) is 1. The summed E-state index contributed by atoms with van der Waals surface area (Å²) >= 11 is 0. The number of amides is 1. The molecule has 3 rings (SSSR count). The molecule has 0 atom stereocenters. The zero-order valence-electron chi connectivity index (χ0n) is 17.9. The van der Waals surface area contributed by atoms with E-state index in [9.17, 15) is 17.6 Å². The quantitative estimate of drug-likeness (QED) is 0.626. The Labute approximate surface area is 183 Å². The van der Waals surface area contributed by atoms with Crippen LogP contribution in [0.3, 0.4) is 0 Å². The number of nitrogens with one attached hydrogen (secondary N) is 1. The number of benzene rings is 2. The van der Waals surface area contributed by atoms with Crippen molar-refractivity contribution in [3.63, 3.8) is 0 Å². The smallest absolute Gasteiger partial charge is 0.257 e. The number of methoxy groups -OCH3 is 1. The first kappa shape index (κ1) is 23.2. The van der Waals surface area contributed by atoms with Gasteiger partial charge in [0.05, 0.1) is 17.6 Å². The minimum atomic E-state index is -3.78. The summed E-state index contributed by atoms with van der Waals surface area (Å²) in [5.41, 5.74) is 1.19. The lowest BCUT2D eigenvalue weighted by Gasteiger charge is -2.30. The van der Waals surface area contributed by atoms with Crippen LogP contribution in [0.4, 0.5) is 4.39 Å². The highest BCUT2D eigenvalue weighted by atomic mass is 32.2. The number of carbonyl (C=O) groups is 1. The van der Waals surface area contributed by atoms with Crippen LogP contribution in [0.15, 0.2) is 47.4 Å². The van der Waals surface area contributed by atoms with Crippen LogP contribution in [0.1, 0.15) is 42.1 Å². The summed E-state index contributed by atoms with van der Waals surface area (Å²) in [7, 11) is -2.31. The molecule has 1 fully saturated rings. The van der Waals surface area contributed by atoms with Gasteiger partial charge in [-0.1, -0.05) is 19.1 Å². The Morgan fingerprint density at radius 3 is 2.48 bits per heavy atom. The van der Waals surface area contributed by atoms with Gasteiger partial charge in [0.15, 0.2) is 0 Å². The Hall–Kier alpha value is -2.45. The molecule has 0 radical (unpaired) electrons. The highest BCUT2D eigenvalue weighted by molar-refractivity contribution is 7.89. The molecule has 0 aromatic heterocycles. The first-order valence-electron chi connectivity index (χ1n) is 10.5. The number of sulfonamides is 1. The molecule has 1 saturated heterocycles. The number of halogens is 1. The Kier molecular flexibility index (Phi) is 7.67. The molecule has 0 bridgehead atoms. The van der Waals surface area contributed by atoms with Crippen molar-refractivity contribution in [2.24, 2.45) is 5.92 Å². The maximum absolute atomic E-state index is 13.0. The average Bonchev–Trinajstić information content (AvgIpc) is 2.77. The molecule has 2 aromatic carbocycles. The van der Waals surface area contributed by atoms with Crippen molar-refractivity contribution in [2.75, 3.05) is 26.7 Å². The first-order chi connectivity index (χ1) is 14.8. The molecule has 2 aromatic rings. The fourth-order valence-corrected chi connectivity index (χ4v) is 4.74. The summed E-state index contributed by atoms with van der Waals surface area (Å²) in [5, 5.41) is 0. The van der Waals surface area contributed by atoms with Gasteiger partial charge in [0.25, 0.3) is 5.91 Å². The van der Waals surface area contributed by atoms with Gasteiger partial charge in [-0.15, -0.1) is 0 Å². The van der Waals surface area contributed by atoms with E-state index >= 15 is 0 Å². The van der Waals surface area contributed by atoms with E-state index in [1.54, 1.807) is 17.0 Å². The van der Waals surface area contributed by atoms with Crippen molar-refractivity contribution in [3.8, 4) is 5.75 Å². The van der Waals surface area contributed by atoms with E-state index in [2.05, 4.69) is 11.6 Å². The van der Waals surface area contributed by atoms with E-state index in [-0.39, 0.29) is 28.7 Å². The summed E-state index contributed by atoms with van der Waals surface area (Å²) in [6, 6.07) is 10.5. The molecule has 1 aliphatic rings. The molecule has 1 heterocycles. The lowest BCUT2D eigenvalue weighted by molar-refractivity contribution is 0.0693. The summed E-state index contributed by atoms with van der Waals surface area (Å²) < 4.78 is 46.4. The summed E-state index contributed by atoms with van der Waals surface area (Å²) in [4.78, 5) is 14.8. The first-order valence-corrected chi connectivity index (χ1v) is 12.0. The Morgan fingerprint density at radius 1 is 1.16 bits per heavy atom. The molecule has 31 heavy (non-hydrogen) atoms. The van der Waals surface area contributed by atoms with Gasteiger partial charge < -0.3 is 9.64 Å². The molecular formula is C23H29FN2O4S. The van der Waals surface area contributed by atoms with Gasteiger partial charge in [0.2, 0.25) is 10.0 Å². The highest BCUT2D eigenvalue weighted by Crippen LogP contribution is 2.26. The van der Waals surface area contributed by atoms with Gasteiger partial charge in [0, 0.05) is 19.6 Å². The third kappa shape index (κ3) is 6.04.